The van der Waals surface area contributed by atoms with E-state index < -0.39 is 0 Å². The lowest BCUT2D eigenvalue weighted by molar-refractivity contribution is 0.270. The van der Waals surface area contributed by atoms with Crippen molar-refractivity contribution in [3.8, 4) is 17.3 Å². The van der Waals surface area contributed by atoms with Crippen molar-refractivity contribution < 1.29 is 9.15 Å². The van der Waals surface area contributed by atoms with Gasteiger partial charge in [-0.1, -0.05) is 17.7 Å². The summed E-state index contributed by atoms with van der Waals surface area (Å²) >= 11 is 1.78. The molecule has 0 spiro atoms. The zero-order valence-corrected chi connectivity index (χ0v) is 17.6. The Morgan fingerprint density at radius 2 is 2.10 bits per heavy atom. The molecule has 0 aliphatic heterocycles. The third kappa shape index (κ3) is 2.81. The lowest BCUT2D eigenvalue weighted by Crippen LogP contribution is -1.95. The highest BCUT2D eigenvalue weighted by Gasteiger charge is 2.22. The van der Waals surface area contributed by atoms with Crippen LogP contribution in [-0.4, -0.2) is 19.6 Å². The summed E-state index contributed by atoms with van der Waals surface area (Å²) in [6, 6.07) is 9.97. The van der Waals surface area contributed by atoms with Crippen molar-refractivity contribution in [1.29, 1.82) is 0 Å². The monoisotopic (exact) mass is 416 g/mol. The van der Waals surface area contributed by atoms with Gasteiger partial charge >= 0.3 is 0 Å². The fourth-order valence-electron chi connectivity index (χ4n) is 4.18. The van der Waals surface area contributed by atoms with Crippen LogP contribution in [0.4, 0.5) is 0 Å². The Morgan fingerprint density at radius 1 is 1.17 bits per heavy atom. The fourth-order valence-corrected chi connectivity index (χ4v) is 5.41. The lowest BCUT2D eigenvalue weighted by atomic mass is 10.1. The van der Waals surface area contributed by atoms with Crippen molar-refractivity contribution in [1.82, 2.24) is 19.6 Å². The molecule has 0 bridgehead atoms. The van der Waals surface area contributed by atoms with Crippen LogP contribution in [-0.2, 0) is 19.4 Å². The smallest absolute Gasteiger partial charge is 0.217 e. The highest BCUT2D eigenvalue weighted by Crippen LogP contribution is 2.38. The predicted molar refractivity (Wildman–Crippen MR) is 116 cm³/mol. The standard InChI is InChI=1S/C23H20N4O2S/c1-13-6-8-17(14(2)10-13)28-11-15-7-9-18(29-15)21-25-22-20-16-4-3-5-19(16)30-23(20)24-12-27(22)26-21/h6-10,12H,3-5,11H2,1-2H3. The van der Waals surface area contributed by atoms with E-state index in [0.717, 1.165) is 45.8 Å². The molecule has 0 fully saturated rings. The number of thiophene rings is 1. The molecule has 0 radical (unpaired) electrons. The van der Waals surface area contributed by atoms with Gasteiger partial charge in [0.15, 0.2) is 11.4 Å². The van der Waals surface area contributed by atoms with Gasteiger partial charge in [0.2, 0.25) is 5.82 Å². The van der Waals surface area contributed by atoms with Gasteiger partial charge in [-0.25, -0.2) is 14.5 Å². The minimum absolute atomic E-state index is 0.362. The van der Waals surface area contributed by atoms with Crippen molar-refractivity contribution in [3.05, 3.63) is 64.0 Å². The van der Waals surface area contributed by atoms with Crippen molar-refractivity contribution >= 4 is 27.2 Å². The quantitative estimate of drug-likeness (QED) is 0.399. The minimum Gasteiger partial charge on any atom is -0.485 e. The summed E-state index contributed by atoms with van der Waals surface area (Å²) in [5.41, 5.74) is 4.59. The fraction of sp³-hybridized carbons (Fsp3) is 0.261. The van der Waals surface area contributed by atoms with Gasteiger partial charge in [0.05, 0.1) is 5.39 Å². The summed E-state index contributed by atoms with van der Waals surface area (Å²) in [5.74, 6) is 2.81. The number of fused-ring (bicyclic) bond motifs is 5. The third-order valence-electron chi connectivity index (χ3n) is 5.62. The minimum atomic E-state index is 0.362. The average Bonchev–Trinajstić information content (AvgIpc) is 3.48. The molecular weight excluding hydrogens is 396 g/mol. The van der Waals surface area contributed by atoms with Gasteiger partial charge in [0.25, 0.3) is 0 Å². The first kappa shape index (κ1) is 17.7. The maximum absolute atomic E-state index is 5.99. The van der Waals surface area contributed by atoms with E-state index in [4.69, 9.17) is 14.1 Å². The van der Waals surface area contributed by atoms with Crippen molar-refractivity contribution in [2.75, 3.05) is 0 Å². The van der Waals surface area contributed by atoms with E-state index in [1.165, 1.54) is 22.4 Å². The number of hydrogen-bond acceptors (Lipinski definition) is 6. The maximum atomic E-state index is 5.99. The molecule has 30 heavy (non-hydrogen) atoms. The summed E-state index contributed by atoms with van der Waals surface area (Å²) in [5, 5.41) is 5.76. The van der Waals surface area contributed by atoms with E-state index >= 15 is 0 Å². The summed E-state index contributed by atoms with van der Waals surface area (Å²) in [4.78, 5) is 11.9. The normalized spacial score (nSPS) is 13.4. The van der Waals surface area contributed by atoms with Crippen molar-refractivity contribution in [2.45, 2.75) is 39.7 Å². The Kier molecular flexibility index (Phi) is 3.92. The number of benzene rings is 1. The molecular formula is C23H20N4O2S. The molecule has 0 saturated carbocycles. The van der Waals surface area contributed by atoms with Crippen LogP contribution in [0.2, 0.25) is 0 Å². The number of hydrogen-bond donors (Lipinski definition) is 0. The van der Waals surface area contributed by atoms with Crippen LogP contribution >= 0.6 is 11.3 Å². The van der Waals surface area contributed by atoms with E-state index in [0.29, 0.717) is 18.2 Å². The summed E-state index contributed by atoms with van der Waals surface area (Å²) in [6.07, 6.45) is 5.19. The second-order valence-electron chi connectivity index (χ2n) is 7.81. The molecule has 4 aromatic heterocycles. The third-order valence-corrected chi connectivity index (χ3v) is 6.82. The largest absolute Gasteiger partial charge is 0.485 e. The molecule has 7 heteroatoms. The van der Waals surface area contributed by atoms with Gasteiger partial charge in [-0.3, -0.25) is 0 Å². The molecule has 5 aromatic rings. The number of aromatic nitrogens is 4. The first-order valence-corrected chi connectivity index (χ1v) is 10.9. The molecule has 1 aliphatic carbocycles. The Morgan fingerprint density at radius 3 is 3.00 bits per heavy atom. The van der Waals surface area contributed by atoms with E-state index in [1.807, 2.05) is 31.2 Å². The van der Waals surface area contributed by atoms with E-state index in [1.54, 1.807) is 22.2 Å². The van der Waals surface area contributed by atoms with Crippen LogP contribution in [0.5, 0.6) is 5.75 Å². The van der Waals surface area contributed by atoms with Crippen LogP contribution in [0.25, 0.3) is 27.4 Å². The Bertz CT molecular complexity index is 1410. The van der Waals surface area contributed by atoms with Crippen molar-refractivity contribution in [3.63, 3.8) is 0 Å². The number of furan rings is 1. The van der Waals surface area contributed by atoms with Crippen LogP contribution in [0.1, 0.15) is 33.7 Å². The molecule has 1 aliphatic rings. The summed E-state index contributed by atoms with van der Waals surface area (Å²) in [6.45, 7) is 4.48. The van der Waals surface area contributed by atoms with Crippen LogP contribution in [0, 0.1) is 13.8 Å². The van der Waals surface area contributed by atoms with Gasteiger partial charge in [-0.2, -0.15) is 0 Å². The lowest BCUT2D eigenvalue weighted by Gasteiger charge is -2.08. The molecule has 0 atom stereocenters. The number of aryl methyl sites for hydroxylation is 4. The number of rotatable bonds is 4. The summed E-state index contributed by atoms with van der Waals surface area (Å²) in [7, 11) is 0. The molecule has 0 saturated heterocycles. The average molecular weight is 417 g/mol. The number of nitrogens with zero attached hydrogens (tertiary/aromatic N) is 4. The molecule has 6 rings (SSSR count). The zero-order valence-electron chi connectivity index (χ0n) is 16.8. The molecule has 150 valence electrons. The first-order valence-electron chi connectivity index (χ1n) is 10.1. The van der Waals surface area contributed by atoms with Gasteiger partial charge in [-0.15, -0.1) is 16.4 Å². The second kappa shape index (κ2) is 6.67. The van der Waals surface area contributed by atoms with E-state index in [9.17, 15) is 0 Å². The van der Waals surface area contributed by atoms with E-state index in [-0.39, 0.29) is 0 Å². The first-order chi connectivity index (χ1) is 14.7. The van der Waals surface area contributed by atoms with Gasteiger partial charge in [0, 0.05) is 4.88 Å². The van der Waals surface area contributed by atoms with Crippen LogP contribution in [0.15, 0.2) is 41.1 Å². The summed E-state index contributed by atoms with van der Waals surface area (Å²) < 4.78 is 13.7. The van der Waals surface area contributed by atoms with Crippen LogP contribution in [0.3, 0.4) is 0 Å². The maximum Gasteiger partial charge on any atom is 0.217 e. The van der Waals surface area contributed by atoms with Crippen LogP contribution < -0.4 is 4.74 Å². The van der Waals surface area contributed by atoms with E-state index in [2.05, 4.69) is 23.1 Å². The molecule has 0 unspecified atom stereocenters. The van der Waals surface area contributed by atoms with Crippen molar-refractivity contribution in [2.24, 2.45) is 0 Å². The van der Waals surface area contributed by atoms with Gasteiger partial charge in [-0.05, 0) is 62.4 Å². The molecule has 6 nitrogen and oxygen atoms in total. The molecule has 0 amide bonds. The zero-order chi connectivity index (χ0) is 20.2. The Balaban J connectivity index is 1.31. The number of ether oxygens (including phenoxy) is 1. The molecule has 0 N–H and O–H groups in total. The van der Waals surface area contributed by atoms with Gasteiger partial charge < -0.3 is 9.15 Å². The van der Waals surface area contributed by atoms with Gasteiger partial charge in [0.1, 0.15) is 29.3 Å². The predicted octanol–water partition coefficient (Wildman–Crippen LogP) is 5.28. The SMILES string of the molecule is Cc1ccc(OCc2ccc(-c3nc4c5c6c(sc5ncn4n3)CCC6)o2)c(C)c1. The molecule has 4 heterocycles. The highest BCUT2D eigenvalue weighted by atomic mass is 32.1. The topological polar surface area (TPSA) is 65.5 Å². The highest BCUT2D eigenvalue weighted by molar-refractivity contribution is 7.19. The Labute approximate surface area is 177 Å². The second-order valence-corrected chi connectivity index (χ2v) is 8.89. The molecule has 1 aromatic carbocycles. The Hall–Kier alpha value is -3.19.